The number of H-pyrrole nitrogens is 1. The van der Waals surface area contributed by atoms with E-state index in [0.717, 1.165) is 42.7 Å². The summed E-state index contributed by atoms with van der Waals surface area (Å²) in [5.74, 6) is 1.89. The molecule has 1 aromatic heterocycles. The van der Waals surface area contributed by atoms with E-state index in [1.807, 2.05) is 24.4 Å². The molecule has 5 nitrogen and oxygen atoms in total. The van der Waals surface area contributed by atoms with E-state index in [2.05, 4.69) is 39.2 Å². The van der Waals surface area contributed by atoms with Crippen LogP contribution in [0.3, 0.4) is 0 Å². The van der Waals surface area contributed by atoms with E-state index in [1.165, 1.54) is 12.8 Å². The van der Waals surface area contributed by atoms with Crippen LogP contribution < -0.4 is 5.32 Å². The van der Waals surface area contributed by atoms with Gasteiger partial charge < -0.3 is 15.2 Å². The van der Waals surface area contributed by atoms with Gasteiger partial charge in [0.2, 0.25) is 0 Å². The molecule has 1 saturated heterocycles. The number of likely N-dealkylation sites (tertiary alicyclic amines) is 1. The predicted molar refractivity (Wildman–Crippen MR) is 89.6 cm³/mol. The van der Waals surface area contributed by atoms with Crippen molar-refractivity contribution in [3.63, 3.8) is 0 Å². The summed E-state index contributed by atoms with van der Waals surface area (Å²) >= 11 is 0. The summed E-state index contributed by atoms with van der Waals surface area (Å²) in [6, 6.07) is 10.2. The zero-order valence-corrected chi connectivity index (χ0v) is 13.0. The molecule has 1 fully saturated rings. The van der Waals surface area contributed by atoms with Gasteiger partial charge in [-0.25, -0.2) is 9.98 Å². The highest BCUT2D eigenvalue weighted by Gasteiger charge is 2.15. The number of benzene rings is 1. The molecule has 5 heteroatoms. The van der Waals surface area contributed by atoms with E-state index in [-0.39, 0.29) is 0 Å². The second-order valence-corrected chi connectivity index (χ2v) is 5.47. The molecular formula is C17H23N5. The van der Waals surface area contributed by atoms with Crippen molar-refractivity contribution in [3.05, 3.63) is 42.4 Å². The maximum absolute atomic E-state index is 4.71. The fourth-order valence-electron chi connectivity index (χ4n) is 2.71. The number of hydrogen-bond acceptors (Lipinski definition) is 2. The van der Waals surface area contributed by atoms with Crippen LogP contribution in [0.2, 0.25) is 0 Å². The third kappa shape index (κ3) is 3.47. The zero-order valence-electron chi connectivity index (χ0n) is 13.0. The highest BCUT2D eigenvalue weighted by Crippen LogP contribution is 2.16. The first kappa shape index (κ1) is 14.6. The number of nitrogens with zero attached hydrogens (tertiary/aromatic N) is 3. The Morgan fingerprint density at radius 2 is 2.05 bits per heavy atom. The van der Waals surface area contributed by atoms with Crippen molar-refractivity contribution in [2.24, 2.45) is 4.99 Å². The molecule has 22 heavy (non-hydrogen) atoms. The summed E-state index contributed by atoms with van der Waals surface area (Å²) in [4.78, 5) is 14.8. The van der Waals surface area contributed by atoms with Crippen LogP contribution in [0.1, 0.15) is 25.6 Å². The summed E-state index contributed by atoms with van der Waals surface area (Å²) in [7, 11) is 0. The minimum atomic E-state index is 0.575. The minimum Gasteiger partial charge on any atom is -0.357 e. The van der Waals surface area contributed by atoms with E-state index in [4.69, 9.17) is 4.99 Å². The van der Waals surface area contributed by atoms with Gasteiger partial charge in [-0.3, -0.25) is 0 Å². The number of hydrogen-bond donors (Lipinski definition) is 2. The Balaban J connectivity index is 1.69. The first-order chi connectivity index (χ1) is 10.9. The molecule has 1 aromatic carbocycles. The zero-order chi connectivity index (χ0) is 15.2. The average molecular weight is 297 g/mol. The third-order valence-electron chi connectivity index (χ3n) is 3.83. The summed E-state index contributed by atoms with van der Waals surface area (Å²) < 4.78 is 0. The van der Waals surface area contributed by atoms with Gasteiger partial charge in [-0.05, 0) is 25.3 Å². The number of aromatic amines is 1. The van der Waals surface area contributed by atoms with Gasteiger partial charge in [0.05, 0.1) is 11.9 Å². The first-order valence-electron chi connectivity index (χ1n) is 7.99. The van der Waals surface area contributed by atoms with Crippen molar-refractivity contribution in [1.29, 1.82) is 0 Å². The molecule has 0 saturated carbocycles. The number of imidazole rings is 1. The smallest absolute Gasteiger partial charge is 0.194 e. The Morgan fingerprint density at radius 3 is 2.77 bits per heavy atom. The van der Waals surface area contributed by atoms with Gasteiger partial charge in [-0.15, -0.1) is 0 Å². The Labute approximate surface area is 131 Å². The molecule has 2 aromatic rings. The van der Waals surface area contributed by atoms with Crippen molar-refractivity contribution in [2.45, 2.75) is 26.3 Å². The van der Waals surface area contributed by atoms with Gasteiger partial charge in [0.1, 0.15) is 12.4 Å². The lowest BCUT2D eigenvalue weighted by Crippen LogP contribution is -2.39. The van der Waals surface area contributed by atoms with Gasteiger partial charge in [0.15, 0.2) is 5.96 Å². The minimum absolute atomic E-state index is 0.575. The van der Waals surface area contributed by atoms with Crippen LogP contribution >= 0.6 is 0 Å². The topological polar surface area (TPSA) is 56.3 Å². The molecule has 1 aliphatic rings. The predicted octanol–water partition coefficient (Wildman–Crippen LogP) is 2.64. The van der Waals surface area contributed by atoms with Crippen molar-refractivity contribution in [1.82, 2.24) is 20.2 Å². The van der Waals surface area contributed by atoms with Crippen LogP contribution in [0.4, 0.5) is 0 Å². The van der Waals surface area contributed by atoms with Gasteiger partial charge in [-0.1, -0.05) is 30.3 Å². The molecule has 116 valence electrons. The molecule has 3 rings (SSSR count). The van der Waals surface area contributed by atoms with E-state index in [1.54, 1.807) is 0 Å². The summed E-state index contributed by atoms with van der Waals surface area (Å²) in [5, 5.41) is 3.37. The Bertz CT molecular complexity index is 611. The van der Waals surface area contributed by atoms with Gasteiger partial charge in [0, 0.05) is 19.6 Å². The molecule has 2 N–H and O–H groups in total. The lowest BCUT2D eigenvalue weighted by Gasteiger charge is -2.20. The number of aliphatic imine (C=N–C) groups is 1. The lowest BCUT2D eigenvalue weighted by molar-refractivity contribution is 0.493. The SMILES string of the molecule is CCNC(=NCc1ncc(-c2ccccc2)[nH]1)N1CCCC1. The van der Waals surface area contributed by atoms with Crippen LogP contribution in [0.25, 0.3) is 11.3 Å². The van der Waals surface area contributed by atoms with Crippen molar-refractivity contribution in [2.75, 3.05) is 19.6 Å². The molecule has 0 aliphatic carbocycles. The van der Waals surface area contributed by atoms with E-state index < -0.39 is 0 Å². The van der Waals surface area contributed by atoms with Gasteiger partial charge in [-0.2, -0.15) is 0 Å². The molecule has 0 spiro atoms. The van der Waals surface area contributed by atoms with Gasteiger partial charge >= 0.3 is 0 Å². The summed E-state index contributed by atoms with van der Waals surface area (Å²) in [6.45, 7) is 5.76. The normalized spacial score (nSPS) is 15.3. The standard InChI is InChI=1S/C17H23N5/c1-2-18-17(22-10-6-7-11-22)20-13-16-19-12-15(21-16)14-8-4-3-5-9-14/h3-5,8-9,12H,2,6-7,10-11,13H2,1H3,(H,18,20)(H,19,21). The maximum Gasteiger partial charge on any atom is 0.194 e. The Morgan fingerprint density at radius 1 is 1.27 bits per heavy atom. The number of guanidine groups is 1. The number of aromatic nitrogens is 2. The molecule has 0 atom stereocenters. The molecule has 1 aliphatic heterocycles. The highest BCUT2D eigenvalue weighted by atomic mass is 15.3. The molecule has 0 bridgehead atoms. The van der Waals surface area contributed by atoms with Gasteiger partial charge in [0.25, 0.3) is 0 Å². The molecule has 0 radical (unpaired) electrons. The van der Waals surface area contributed by atoms with Crippen LogP contribution in [-0.4, -0.2) is 40.5 Å². The third-order valence-corrected chi connectivity index (χ3v) is 3.83. The number of nitrogens with one attached hydrogen (secondary N) is 2. The highest BCUT2D eigenvalue weighted by molar-refractivity contribution is 5.80. The first-order valence-corrected chi connectivity index (χ1v) is 7.99. The average Bonchev–Trinajstić information content (AvgIpc) is 3.24. The molecule has 0 amide bonds. The van der Waals surface area contributed by atoms with E-state index in [0.29, 0.717) is 6.54 Å². The maximum atomic E-state index is 4.71. The van der Waals surface area contributed by atoms with E-state index in [9.17, 15) is 0 Å². The molecule has 0 unspecified atom stereocenters. The monoisotopic (exact) mass is 297 g/mol. The van der Waals surface area contributed by atoms with Crippen molar-refractivity contribution in [3.8, 4) is 11.3 Å². The number of rotatable bonds is 4. The second kappa shape index (κ2) is 7.11. The fraction of sp³-hybridized carbons (Fsp3) is 0.412. The van der Waals surface area contributed by atoms with E-state index >= 15 is 0 Å². The quantitative estimate of drug-likeness (QED) is 0.674. The van der Waals surface area contributed by atoms with Crippen LogP contribution in [0, 0.1) is 0 Å². The lowest BCUT2D eigenvalue weighted by atomic mass is 10.2. The largest absolute Gasteiger partial charge is 0.357 e. The summed E-state index contributed by atoms with van der Waals surface area (Å²) in [5.41, 5.74) is 2.19. The van der Waals surface area contributed by atoms with Crippen LogP contribution in [0.5, 0.6) is 0 Å². The molecule has 2 heterocycles. The van der Waals surface area contributed by atoms with Crippen LogP contribution in [-0.2, 0) is 6.54 Å². The Hall–Kier alpha value is -2.30. The van der Waals surface area contributed by atoms with Crippen LogP contribution in [0.15, 0.2) is 41.5 Å². The second-order valence-electron chi connectivity index (χ2n) is 5.47. The van der Waals surface area contributed by atoms with Crippen molar-refractivity contribution >= 4 is 5.96 Å². The summed E-state index contributed by atoms with van der Waals surface area (Å²) in [6.07, 6.45) is 4.38. The fourth-order valence-corrected chi connectivity index (χ4v) is 2.71. The Kier molecular flexibility index (Phi) is 4.73. The molecular weight excluding hydrogens is 274 g/mol. The van der Waals surface area contributed by atoms with Crippen molar-refractivity contribution < 1.29 is 0 Å².